The molecule has 1 aromatic carbocycles. The first-order valence-corrected chi connectivity index (χ1v) is 8.33. The standard InChI is InChI=1S/C15H16BrNO3S/c16-14-4-3-13(21-14)15(18)10(8-17)9-1-2-11-12(7-9)20-6-5-19-11/h1-4,7,10,15,18H,5-6,8,17H2. The highest BCUT2D eigenvalue weighted by Gasteiger charge is 2.24. The van der Waals surface area contributed by atoms with Gasteiger partial charge in [-0.3, -0.25) is 0 Å². The van der Waals surface area contributed by atoms with Crippen molar-refractivity contribution in [3.05, 3.63) is 44.6 Å². The first-order valence-electron chi connectivity index (χ1n) is 6.72. The van der Waals surface area contributed by atoms with Gasteiger partial charge in [0.05, 0.1) is 9.89 Å². The second-order valence-corrected chi connectivity index (χ2v) is 7.33. The summed E-state index contributed by atoms with van der Waals surface area (Å²) in [4.78, 5) is 0.896. The highest BCUT2D eigenvalue weighted by molar-refractivity contribution is 9.11. The lowest BCUT2D eigenvalue weighted by Crippen LogP contribution is -2.20. The summed E-state index contributed by atoms with van der Waals surface area (Å²) in [6.07, 6.45) is -0.631. The molecule has 3 N–H and O–H groups in total. The Kier molecular flexibility index (Phi) is 4.49. The maximum absolute atomic E-state index is 10.6. The monoisotopic (exact) mass is 369 g/mol. The van der Waals surface area contributed by atoms with E-state index in [0.717, 1.165) is 25.7 Å². The number of halogens is 1. The molecule has 0 saturated carbocycles. The van der Waals surface area contributed by atoms with E-state index in [1.807, 2.05) is 30.3 Å². The molecule has 112 valence electrons. The third kappa shape index (κ3) is 3.08. The number of aliphatic hydroxyl groups excluding tert-OH is 1. The van der Waals surface area contributed by atoms with Gasteiger partial charge in [0.25, 0.3) is 0 Å². The Bertz CT molecular complexity index is 631. The number of ether oxygens (including phenoxy) is 2. The van der Waals surface area contributed by atoms with Crippen molar-refractivity contribution in [2.75, 3.05) is 19.8 Å². The van der Waals surface area contributed by atoms with Gasteiger partial charge < -0.3 is 20.3 Å². The van der Waals surface area contributed by atoms with Crippen LogP contribution in [0.1, 0.15) is 22.5 Å². The molecule has 6 heteroatoms. The van der Waals surface area contributed by atoms with Crippen molar-refractivity contribution in [1.29, 1.82) is 0 Å². The van der Waals surface area contributed by atoms with Gasteiger partial charge in [-0.05, 0) is 45.8 Å². The largest absolute Gasteiger partial charge is 0.486 e. The zero-order valence-corrected chi connectivity index (χ0v) is 13.7. The van der Waals surface area contributed by atoms with E-state index in [1.54, 1.807) is 0 Å². The molecule has 0 bridgehead atoms. The van der Waals surface area contributed by atoms with Crippen LogP contribution in [0.25, 0.3) is 0 Å². The van der Waals surface area contributed by atoms with Crippen LogP contribution < -0.4 is 15.2 Å². The summed E-state index contributed by atoms with van der Waals surface area (Å²) in [5, 5.41) is 10.6. The number of benzene rings is 1. The third-order valence-electron chi connectivity index (χ3n) is 3.51. The van der Waals surface area contributed by atoms with Crippen molar-refractivity contribution in [3.63, 3.8) is 0 Å². The van der Waals surface area contributed by atoms with E-state index in [-0.39, 0.29) is 5.92 Å². The number of thiophene rings is 1. The van der Waals surface area contributed by atoms with Crippen LogP contribution in [-0.2, 0) is 0 Å². The normalized spacial score (nSPS) is 16.5. The maximum atomic E-state index is 10.6. The Labute approximate surface area is 135 Å². The lowest BCUT2D eigenvalue weighted by Gasteiger charge is -2.24. The zero-order chi connectivity index (χ0) is 14.8. The lowest BCUT2D eigenvalue weighted by molar-refractivity contribution is 0.149. The molecule has 2 heterocycles. The SMILES string of the molecule is NCC(c1ccc2c(c1)OCCO2)C(O)c1ccc(Br)s1. The van der Waals surface area contributed by atoms with Crippen molar-refractivity contribution < 1.29 is 14.6 Å². The van der Waals surface area contributed by atoms with Gasteiger partial charge in [0.15, 0.2) is 11.5 Å². The lowest BCUT2D eigenvalue weighted by atomic mass is 9.92. The summed E-state index contributed by atoms with van der Waals surface area (Å²) < 4.78 is 12.1. The first-order chi connectivity index (χ1) is 10.2. The molecule has 2 unspecified atom stereocenters. The average molecular weight is 370 g/mol. The molecule has 0 aliphatic carbocycles. The summed E-state index contributed by atoms with van der Waals surface area (Å²) in [7, 11) is 0. The van der Waals surface area contributed by atoms with E-state index in [2.05, 4.69) is 15.9 Å². The Hall–Kier alpha value is -1.08. The second kappa shape index (κ2) is 6.36. The third-order valence-corrected chi connectivity index (χ3v) is 5.21. The number of hydrogen-bond acceptors (Lipinski definition) is 5. The molecule has 0 amide bonds. The smallest absolute Gasteiger partial charge is 0.161 e. The molecule has 21 heavy (non-hydrogen) atoms. The van der Waals surface area contributed by atoms with Crippen LogP contribution in [0.15, 0.2) is 34.1 Å². The molecule has 1 aliphatic rings. The second-order valence-electron chi connectivity index (χ2n) is 4.83. The van der Waals surface area contributed by atoms with Gasteiger partial charge in [0.1, 0.15) is 13.2 Å². The van der Waals surface area contributed by atoms with Crippen LogP contribution in [0.2, 0.25) is 0 Å². The molecule has 2 aromatic rings. The van der Waals surface area contributed by atoms with Crippen molar-refractivity contribution in [1.82, 2.24) is 0 Å². The van der Waals surface area contributed by atoms with E-state index in [9.17, 15) is 5.11 Å². The van der Waals surface area contributed by atoms with E-state index < -0.39 is 6.10 Å². The highest BCUT2D eigenvalue weighted by atomic mass is 79.9. The number of aliphatic hydroxyl groups is 1. The van der Waals surface area contributed by atoms with Gasteiger partial charge >= 0.3 is 0 Å². The Morgan fingerprint density at radius 1 is 1.19 bits per heavy atom. The van der Waals surface area contributed by atoms with Crippen molar-refractivity contribution in [2.24, 2.45) is 5.73 Å². The summed E-state index contributed by atoms with van der Waals surface area (Å²) in [5.74, 6) is 1.29. The number of hydrogen-bond donors (Lipinski definition) is 2. The fourth-order valence-electron chi connectivity index (χ4n) is 2.42. The predicted octanol–water partition coefficient (Wildman–Crippen LogP) is 3.06. The van der Waals surface area contributed by atoms with Crippen LogP contribution in [-0.4, -0.2) is 24.9 Å². The molecule has 2 atom stereocenters. The van der Waals surface area contributed by atoms with Crippen LogP contribution in [0, 0.1) is 0 Å². The fraction of sp³-hybridized carbons (Fsp3) is 0.333. The number of nitrogens with two attached hydrogens (primary N) is 1. The molecular weight excluding hydrogens is 354 g/mol. The van der Waals surface area contributed by atoms with Crippen LogP contribution in [0.5, 0.6) is 11.5 Å². The molecule has 0 fully saturated rings. The van der Waals surface area contributed by atoms with Crippen LogP contribution >= 0.6 is 27.3 Å². The Morgan fingerprint density at radius 2 is 1.95 bits per heavy atom. The Morgan fingerprint density at radius 3 is 2.62 bits per heavy atom. The Balaban J connectivity index is 1.89. The minimum Gasteiger partial charge on any atom is -0.486 e. The topological polar surface area (TPSA) is 64.7 Å². The summed E-state index contributed by atoms with van der Waals surface area (Å²) in [6.45, 7) is 1.47. The van der Waals surface area contributed by atoms with E-state index in [1.165, 1.54) is 11.3 Å². The van der Waals surface area contributed by atoms with Crippen LogP contribution in [0.4, 0.5) is 0 Å². The molecule has 4 nitrogen and oxygen atoms in total. The maximum Gasteiger partial charge on any atom is 0.161 e. The van der Waals surface area contributed by atoms with Crippen molar-refractivity contribution in [3.8, 4) is 11.5 Å². The van der Waals surface area contributed by atoms with Gasteiger partial charge in [0, 0.05) is 17.3 Å². The van der Waals surface area contributed by atoms with E-state index >= 15 is 0 Å². The average Bonchev–Trinajstić information content (AvgIpc) is 2.94. The van der Waals surface area contributed by atoms with Gasteiger partial charge in [-0.15, -0.1) is 11.3 Å². The molecule has 0 spiro atoms. The van der Waals surface area contributed by atoms with Crippen molar-refractivity contribution in [2.45, 2.75) is 12.0 Å². The molecule has 1 aliphatic heterocycles. The fourth-order valence-corrected chi connectivity index (χ4v) is 3.90. The quantitative estimate of drug-likeness (QED) is 0.868. The van der Waals surface area contributed by atoms with E-state index in [0.29, 0.717) is 19.8 Å². The van der Waals surface area contributed by atoms with Gasteiger partial charge in [-0.1, -0.05) is 6.07 Å². The summed E-state index contributed by atoms with van der Waals surface area (Å²) in [6, 6.07) is 9.58. The minimum atomic E-state index is -0.631. The molecule has 1 aromatic heterocycles. The first kappa shape index (κ1) is 14.8. The number of rotatable bonds is 4. The van der Waals surface area contributed by atoms with Gasteiger partial charge in [0.2, 0.25) is 0 Å². The highest BCUT2D eigenvalue weighted by Crippen LogP contribution is 2.39. The van der Waals surface area contributed by atoms with Crippen molar-refractivity contribution >= 4 is 27.3 Å². The number of fused-ring (bicyclic) bond motifs is 1. The van der Waals surface area contributed by atoms with E-state index in [4.69, 9.17) is 15.2 Å². The predicted molar refractivity (Wildman–Crippen MR) is 86.2 cm³/mol. The molecular formula is C15H16BrNO3S. The molecule has 3 rings (SSSR count). The van der Waals surface area contributed by atoms with Gasteiger partial charge in [-0.25, -0.2) is 0 Å². The van der Waals surface area contributed by atoms with Crippen LogP contribution in [0.3, 0.4) is 0 Å². The summed E-state index contributed by atoms with van der Waals surface area (Å²) in [5.41, 5.74) is 6.84. The molecule has 0 saturated heterocycles. The molecule has 0 radical (unpaired) electrons. The zero-order valence-electron chi connectivity index (χ0n) is 11.3. The van der Waals surface area contributed by atoms with Gasteiger partial charge in [-0.2, -0.15) is 0 Å². The minimum absolute atomic E-state index is 0.175. The summed E-state index contributed by atoms with van der Waals surface area (Å²) >= 11 is 4.93.